The van der Waals surface area contributed by atoms with Crippen molar-refractivity contribution in [1.82, 2.24) is 30.2 Å². The van der Waals surface area contributed by atoms with Crippen LogP contribution >= 0.6 is 0 Å². The van der Waals surface area contributed by atoms with E-state index < -0.39 is 0 Å². The van der Waals surface area contributed by atoms with Gasteiger partial charge in [0.1, 0.15) is 0 Å². The molecule has 2 N–H and O–H groups in total. The van der Waals surface area contributed by atoms with Gasteiger partial charge in [0.25, 0.3) is 0 Å². The van der Waals surface area contributed by atoms with Crippen LogP contribution < -0.4 is 5.73 Å². The number of aromatic nitrogens is 6. The van der Waals surface area contributed by atoms with Crippen molar-refractivity contribution in [1.29, 1.82) is 0 Å². The van der Waals surface area contributed by atoms with E-state index in [-0.39, 0.29) is 5.95 Å². The lowest BCUT2D eigenvalue weighted by Gasteiger charge is -2.10. The van der Waals surface area contributed by atoms with Crippen LogP contribution in [0.1, 0.15) is 12.5 Å². The largest absolute Gasteiger partial charge is 0.368 e. The van der Waals surface area contributed by atoms with Gasteiger partial charge in [-0.2, -0.15) is 4.68 Å². The number of nitrogen functional groups attached to an aromatic ring is 1. The van der Waals surface area contributed by atoms with Gasteiger partial charge in [0, 0.05) is 11.8 Å². The molecule has 26 heavy (non-hydrogen) atoms. The van der Waals surface area contributed by atoms with E-state index >= 15 is 0 Å². The average Bonchev–Trinajstić information content (AvgIpc) is 3.18. The van der Waals surface area contributed by atoms with Crippen LogP contribution in [0.4, 0.5) is 5.95 Å². The Morgan fingerprint density at radius 3 is 2.50 bits per heavy atom. The summed E-state index contributed by atoms with van der Waals surface area (Å²) < 4.78 is 1.68. The predicted octanol–water partition coefficient (Wildman–Crippen LogP) is 2.93. The second kappa shape index (κ2) is 6.72. The maximum absolute atomic E-state index is 5.82. The van der Waals surface area contributed by atoms with Crippen LogP contribution in [0.5, 0.6) is 0 Å². The highest BCUT2D eigenvalue weighted by molar-refractivity contribution is 5.78. The van der Waals surface area contributed by atoms with Crippen molar-refractivity contribution in [3.05, 3.63) is 66.4 Å². The van der Waals surface area contributed by atoms with E-state index in [1.165, 1.54) is 5.56 Å². The first-order chi connectivity index (χ1) is 12.8. The number of rotatable bonds is 4. The molecule has 4 rings (SSSR count). The van der Waals surface area contributed by atoms with Gasteiger partial charge in [-0.25, -0.2) is 9.97 Å². The second-order valence-electron chi connectivity index (χ2n) is 5.79. The van der Waals surface area contributed by atoms with Gasteiger partial charge in [-0.15, -0.1) is 5.10 Å². The maximum atomic E-state index is 5.82. The fraction of sp³-hybridized carbons (Fsp3) is 0.105. The topological polar surface area (TPSA) is 95.4 Å². The molecule has 4 aromatic rings. The van der Waals surface area contributed by atoms with E-state index in [1.807, 2.05) is 42.5 Å². The summed E-state index contributed by atoms with van der Waals surface area (Å²) in [4.78, 5) is 8.56. The molecule has 2 aromatic carbocycles. The van der Waals surface area contributed by atoms with E-state index in [9.17, 15) is 0 Å². The highest BCUT2D eigenvalue weighted by atomic mass is 15.5. The summed E-state index contributed by atoms with van der Waals surface area (Å²) >= 11 is 0. The van der Waals surface area contributed by atoms with Gasteiger partial charge >= 0.3 is 0 Å². The molecule has 0 fully saturated rings. The Morgan fingerprint density at radius 1 is 1.00 bits per heavy atom. The molecule has 0 aliphatic heterocycles. The fourth-order valence-electron chi connectivity index (χ4n) is 2.78. The first-order valence-corrected chi connectivity index (χ1v) is 8.32. The normalized spacial score (nSPS) is 10.8. The predicted molar refractivity (Wildman–Crippen MR) is 99.4 cm³/mol. The van der Waals surface area contributed by atoms with Crippen LogP contribution in [0.15, 0.2) is 60.8 Å². The van der Waals surface area contributed by atoms with Crippen molar-refractivity contribution in [2.45, 2.75) is 13.3 Å². The molecular weight excluding hydrogens is 326 g/mol. The Bertz CT molecular complexity index is 1020. The minimum atomic E-state index is 0.207. The average molecular weight is 343 g/mol. The summed E-state index contributed by atoms with van der Waals surface area (Å²) in [5.41, 5.74) is 10.3. The number of nitrogens with two attached hydrogens (primary N) is 1. The molecule has 0 bridgehead atoms. The molecule has 7 nitrogen and oxygen atoms in total. The Labute approximate surface area is 150 Å². The first-order valence-electron chi connectivity index (χ1n) is 8.32. The highest BCUT2D eigenvalue weighted by Gasteiger charge is 2.18. The Kier molecular flexibility index (Phi) is 4.10. The van der Waals surface area contributed by atoms with Gasteiger partial charge in [-0.1, -0.05) is 49.4 Å². The molecule has 128 valence electrons. The summed E-state index contributed by atoms with van der Waals surface area (Å²) in [6.07, 6.45) is 2.64. The third kappa shape index (κ3) is 2.90. The smallest absolute Gasteiger partial charge is 0.220 e. The quantitative estimate of drug-likeness (QED) is 0.612. The van der Waals surface area contributed by atoms with Crippen molar-refractivity contribution in [2.75, 3.05) is 5.73 Å². The SMILES string of the molecule is CCc1ccc(-n2nnnc2-c2cnc(N)nc2-c2ccccc2)cc1. The molecule has 0 aliphatic rings. The van der Waals surface area contributed by atoms with Crippen molar-refractivity contribution < 1.29 is 0 Å². The number of nitrogens with zero attached hydrogens (tertiary/aromatic N) is 6. The Balaban J connectivity index is 1.86. The van der Waals surface area contributed by atoms with Crippen LogP contribution in [0.2, 0.25) is 0 Å². The van der Waals surface area contributed by atoms with Crippen LogP contribution in [0, 0.1) is 0 Å². The summed E-state index contributed by atoms with van der Waals surface area (Å²) in [5.74, 6) is 0.770. The third-order valence-corrected chi connectivity index (χ3v) is 4.15. The van der Waals surface area contributed by atoms with E-state index in [0.717, 1.165) is 23.2 Å². The molecule has 0 saturated heterocycles. The fourth-order valence-corrected chi connectivity index (χ4v) is 2.78. The number of anilines is 1. The van der Waals surface area contributed by atoms with Crippen LogP contribution in [0.3, 0.4) is 0 Å². The number of aryl methyl sites for hydroxylation is 1. The zero-order valence-corrected chi connectivity index (χ0v) is 14.2. The van der Waals surface area contributed by atoms with Crippen LogP contribution in [-0.4, -0.2) is 30.2 Å². The molecule has 0 aliphatic carbocycles. The lowest BCUT2D eigenvalue weighted by atomic mass is 10.1. The van der Waals surface area contributed by atoms with Gasteiger partial charge in [0.2, 0.25) is 5.95 Å². The lowest BCUT2D eigenvalue weighted by Crippen LogP contribution is -2.04. The molecule has 0 amide bonds. The summed E-state index contributed by atoms with van der Waals surface area (Å²) in [7, 11) is 0. The number of hydrogen-bond donors (Lipinski definition) is 1. The van der Waals surface area contributed by atoms with E-state index in [4.69, 9.17) is 5.73 Å². The summed E-state index contributed by atoms with van der Waals surface area (Å²) in [5, 5.41) is 12.2. The zero-order valence-electron chi connectivity index (χ0n) is 14.2. The van der Waals surface area contributed by atoms with E-state index in [1.54, 1.807) is 10.9 Å². The molecule has 2 heterocycles. The lowest BCUT2D eigenvalue weighted by molar-refractivity contribution is 0.790. The second-order valence-corrected chi connectivity index (χ2v) is 5.79. The summed E-state index contributed by atoms with van der Waals surface area (Å²) in [6.45, 7) is 2.12. The van der Waals surface area contributed by atoms with Gasteiger partial charge in [-0.3, -0.25) is 0 Å². The zero-order chi connectivity index (χ0) is 17.9. The molecular formula is C19H17N7. The van der Waals surface area contributed by atoms with Gasteiger partial charge in [0.15, 0.2) is 5.82 Å². The Morgan fingerprint density at radius 2 is 1.77 bits per heavy atom. The molecule has 0 radical (unpaired) electrons. The molecule has 0 unspecified atom stereocenters. The Hall–Kier alpha value is -3.61. The van der Waals surface area contributed by atoms with Gasteiger partial charge in [0.05, 0.1) is 16.9 Å². The van der Waals surface area contributed by atoms with Crippen molar-refractivity contribution in [2.24, 2.45) is 0 Å². The number of tetrazole rings is 1. The van der Waals surface area contributed by atoms with Crippen LogP contribution in [-0.2, 0) is 6.42 Å². The van der Waals surface area contributed by atoms with E-state index in [2.05, 4.69) is 44.5 Å². The van der Waals surface area contributed by atoms with Crippen LogP contribution in [0.25, 0.3) is 28.3 Å². The number of hydrogen-bond acceptors (Lipinski definition) is 6. The van der Waals surface area contributed by atoms with Crippen molar-refractivity contribution in [3.8, 4) is 28.3 Å². The maximum Gasteiger partial charge on any atom is 0.220 e. The van der Waals surface area contributed by atoms with Gasteiger partial charge < -0.3 is 5.73 Å². The highest BCUT2D eigenvalue weighted by Crippen LogP contribution is 2.29. The standard InChI is InChI=1S/C19H17N7/c1-2-13-8-10-15(11-9-13)26-18(23-24-25-26)16-12-21-19(20)22-17(16)14-6-4-3-5-7-14/h3-12H,2H2,1H3,(H2,20,21,22). The van der Waals surface area contributed by atoms with Crippen molar-refractivity contribution in [3.63, 3.8) is 0 Å². The van der Waals surface area contributed by atoms with Gasteiger partial charge in [-0.05, 0) is 34.5 Å². The molecule has 2 aromatic heterocycles. The third-order valence-electron chi connectivity index (χ3n) is 4.15. The summed E-state index contributed by atoms with van der Waals surface area (Å²) in [6, 6.07) is 17.9. The minimum absolute atomic E-state index is 0.207. The molecule has 7 heteroatoms. The van der Waals surface area contributed by atoms with E-state index in [0.29, 0.717) is 11.5 Å². The molecule has 0 saturated carbocycles. The minimum Gasteiger partial charge on any atom is -0.368 e. The first kappa shape index (κ1) is 15.9. The van der Waals surface area contributed by atoms with Crippen molar-refractivity contribution >= 4 is 5.95 Å². The molecule has 0 atom stereocenters. The number of benzene rings is 2. The monoisotopic (exact) mass is 343 g/mol. The molecule has 0 spiro atoms.